The molecular formula is C26H35N3O4S2. The van der Waals surface area contributed by atoms with Crippen molar-refractivity contribution in [3.8, 4) is 10.4 Å². The molecule has 1 heterocycles. The highest BCUT2D eigenvalue weighted by Crippen LogP contribution is 2.46. The molecule has 2 aliphatic carbocycles. The Morgan fingerprint density at radius 2 is 1.69 bits per heavy atom. The van der Waals surface area contributed by atoms with Crippen molar-refractivity contribution in [2.24, 2.45) is 0 Å². The van der Waals surface area contributed by atoms with E-state index in [0.717, 1.165) is 41.3 Å². The van der Waals surface area contributed by atoms with E-state index in [1.165, 1.54) is 23.3 Å². The number of alkyl carbamates (subject to hydrolysis) is 1. The van der Waals surface area contributed by atoms with Gasteiger partial charge in [-0.25, -0.2) is 14.6 Å². The Morgan fingerprint density at radius 3 is 2.34 bits per heavy atom. The average molecular weight is 518 g/mol. The van der Waals surface area contributed by atoms with Crippen LogP contribution in [0, 0.1) is 0 Å². The zero-order valence-corrected chi connectivity index (χ0v) is 22.5. The van der Waals surface area contributed by atoms with Crippen LogP contribution in [0.15, 0.2) is 29.3 Å². The number of amides is 2. The van der Waals surface area contributed by atoms with Crippen LogP contribution in [0.25, 0.3) is 10.4 Å². The normalized spacial score (nSPS) is 20.1. The fourth-order valence-electron chi connectivity index (χ4n) is 4.13. The van der Waals surface area contributed by atoms with Crippen molar-refractivity contribution >= 4 is 41.0 Å². The van der Waals surface area contributed by atoms with Crippen LogP contribution < -0.4 is 10.6 Å². The molecule has 1 aromatic carbocycles. The summed E-state index contributed by atoms with van der Waals surface area (Å²) in [5, 5.41) is 7.64. The molecule has 2 saturated carbocycles. The third kappa shape index (κ3) is 7.61. The van der Waals surface area contributed by atoms with E-state index >= 15 is 0 Å². The van der Waals surface area contributed by atoms with E-state index in [1.54, 1.807) is 11.3 Å². The van der Waals surface area contributed by atoms with Gasteiger partial charge < -0.3 is 14.8 Å². The van der Waals surface area contributed by atoms with Gasteiger partial charge in [-0.3, -0.25) is 5.32 Å². The molecule has 2 amide bonds. The first-order chi connectivity index (χ1) is 16.8. The highest BCUT2D eigenvalue weighted by Gasteiger charge is 2.28. The number of rotatable bonds is 8. The van der Waals surface area contributed by atoms with Gasteiger partial charge in [-0.15, -0.1) is 23.1 Å². The van der Waals surface area contributed by atoms with Gasteiger partial charge in [0.2, 0.25) is 0 Å². The van der Waals surface area contributed by atoms with Gasteiger partial charge in [-0.05, 0) is 78.4 Å². The number of aromatic nitrogens is 1. The fraction of sp³-hybridized carbons (Fsp3) is 0.577. The number of anilines is 1. The lowest BCUT2D eigenvalue weighted by Crippen LogP contribution is -2.38. The largest absolute Gasteiger partial charge is 0.447 e. The molecule has 0 saturated heterocycles. The van der Waals surface area contributed by atoms with Gasteiger partial charge in [0.15, 0.2) is 0 Å². The number of thiazole rings is 1. The molecule has 2 N–H and O–H groups in total. The standard InChI is InChI=1S/C26H35N3O4S2/c1-15(2)32-25(30)28-18-7-5-17(6-8-18)24-27-14-23(35-24)21-12-9-19(29-26(31)33-16(3)4)13-22(21)34-20-10-11-20/h9,12-18,20H,5-8,10-11H2,1-4H3,(H,28,30)(H,29,31)/t17-,18-. The Kier molecular flexibility index (Phi) is 8.59. The SMILES string of the molecule is CC(C)OC(=O)Nc1ccc(-c2cnc([C@H]3CC[C@H](NC(=O)OC(C)C)CC3)s2)c(SC2CC2)c1. The molecule has 0 radical (unpaired) electrons. The highest BCUT2D eigenvalue weighted by molar-refractivity contribution is 8.00. The Morgan fingerprint density at radius 1 is 1.00 bits per heavy atom. The number of ether oxygens (including phenoxy) is 2. The summed E-state index contributed by atoms with van der Waals surface area (Å²) < 4.78 is 10.4. The zero-order valence-electron chi connectivity index (χ0n) is 20.8. The van der Waals surface area contributed by atoms with Gasteiger partial charge in [0.25, 0.3) is 0 Å². The van der Waals surface area contributed by atoms with Gasteiger partial charge in [0.1, 0.15) is 0 Å². The summed E-state index contributed by atoms with van der Waals surface area (Å²) in [4.78, 5) is 31.1. The predicted octanol–water partition coefficient (Wildman–Crippen LogP) is 7.18. The van der Waals surface area contributed by atoms with Crippen molar-refractivity contribution < 1.29 is 19.1 Å². The molecule has 4 rings (SSSR count). The second-order valence-corrected chi connectivity index (χ2v) is 12.2. The maximum atomic E-state index is 12.1. The number of thioether (sulfide) groups is 1. The van der Waals surface area contributed by atoms with Gasteiger partial charge in [-0.1, -0.05) is 6.07 Å². The minimum absolute atomic E-state index is 0.109. The molecule has 190 valence electrons. The fourth-order valence-corrected chi connectivity index (χ4v) is 6.55. The molecule has 0 unspecified atom stereocenters. The molecule has 35 heavy (non-hydrogen) atoms. The third-order valence-corrected chi connectivity index (χ3v) is 8.51. The number of hydrogen-bond donors (Lipinski definition) is 2. The smallest absolute Gasteiger partial charge is 0.411 e. The minimum Gasteiger partial charge on any atom is -0.447 e. The van der Waals surface area contributed by atoms with Crippen LogP contribution >= 0.6 is 23.1 Å². The van der Waals surface area contributed by atoms with Crippen LogP contribution in [-0.2, 0) is 9.47 Å². The molecule has 1 aromatic heterocycles. The molecule has 0 spiro atoms. The number of benzene rings is 1. The van der Waals surface area contributed by atoms with E-state index < -0.39 is 6.09 Å². The number of hydrogen-bond acceptors (Lipinski definition) is 7. The molecule has 2 aromatic rings. The lowest BCUT2D eigenvalue weighted by Gasteiger charge is -2.28. The molecule has 7 nitrogen and oxygen atoms in total. The number of carbonyl (C=O) groups excluding carboxylic acids is 2. The van der Waals surface area contributed by atoms with Crippen LogP contribution in [0.5, 0.6) is 0 Å². The molecule has 9 heteroatoms. The quantitative estimate of drug-likeness (QED) is 0.385. The van der Waals surface area contributed by atoms with Gasteiger partial charge in [0.05, 0.1) is 22.1 Å². The first-order valence-corrected chi connectivity index (χ1v) is 14.2. The summed E-state index contributed by atoms with van der Waals surface area (Å²) in [7, 11) is 0. The van der Waals surface area contributed by atoms with Gasteiger partial charge in [-0.2, -0.15) is 0 Å². The van der Waals surface area contributed by atoms with Crippen LogP contribution in [0.1, 0.15) is 77.1 Å². The third-order valence-electron chi connectivity index (χ3n) is 5.92. The number of nitrogens with one attached hydrogen (secondary N) is 2. The Hall–Kier alpha value is -2.26. The lowest BCUT2D eigenvalue weighted by molar-refractivity contribution is 0.109. The summed E-state index contributed by atoms with van der Waals surface area (Å²) in [6, 6.07) is 6.22. The van der Waals surface area contributed by atoms with Crippen molar-refractivity contribution in [2.75, 3.05) is 5.32 Å². The van der Waals surface area contributed by atoms with Crippen LogP contribution in [0.4, 0.5) is 15.3 Å². The second-order valence-electron chi connectivity index (χ2n) is 9.82. The first-order valence-electron chi connectivity index (χ1n) is 12.5. The van der Waals surface area contributed by atoms with Crippen LogP contribution in [-0.4, -0.2) is 40.7 Å². The van der Waals surface area contributed by atoms with E-state index in [4.69, 9.17) is 14.5 Å². The predicted molar refractivity (Wildman–Crippen MR) is 141 cm³/mol. The molecule has 0 aliphatic heterocycles. The summed E-state index contributed by atoms with van der Waals surface area (Å²) in [6.07, 6.45) is 7.29. The summed E-state index contributed by atoms with van der Waals surface area (Å²) >= 11 is 3.63. The summed E-state index contributed by atoms with van der Waals surface area (Å²) in [5.74, 6) is 0.416. The second kappa shape index (κ2) is 11.6. The van der Waals surface area contributed by atoms with Crippen molar-refractivity contribution in [1.82, 2.24) is 10.3 Å². The molecular weight excluding hydrogens is 482 g/mol. The minimum atomic E-state index is -0.433. The Labute approximate surface area is 215 Å². The molecule has 0 atom stereocenters. The maximum Gasteiger partial charge on any atom is 0.411 e. The maximum absolute atomic E-state index is 12.1. The highest BCUT2D eigenvalue weighted by atomic mass is 32.2. The van der Waals surface area contributed by atoms with Crippen molar-refractivity contribution in [1.29, 1.82) is 0 Å². The van der Waals surface area contributed by atoms with Crippen molar-refractivity contribution in [3.05, 3.63) is 29.4 Å². The summed E-state index contributed by atoms with van der Waals surface area (Å²) in [6.45, 7) is 7.39. The van der Waals surface area contributed by atoms with Gasteiger partial charge >= 0.3 is 12.2 Å². The summed E-state index contributed by atoms with van der Waals surface area (Å²) in [5.41, 5.74) is 1.91. The number of carbonyl (C=O) groups is 2. The van der Waals surface area contributed by atoms with Gasteiger partial charge in [0, 0.05) is 39.6 Å². The topological polar surface area (TPSA) is 89.5 Å². The van der Waals surface area contributed by atoms with E-state index in [2.05, 4.69) is 16.7 Å². The van der Waals surface area contributed by atoms with Crippen molar-refractivity contribution in [2.45, 2.75) is 101 Å². The lowest BCUT2D eigenvalue weighted by atomic mass is 9.86. The monoisotopic (exact) mass is 517 g/mol. The Bertz CT molecular complexity index is 1030. The average Bonchev–Trinajstić information content (AvgIpc) is 3.46. The van der Waals surface area contributed by atoms with E-state index in [0.29, 0.717) is 11.2 Å². The van der Waals surface area contributed by atoms with E-state index in [9.17, 15) is 9.59 Å². The van der Waals surface area contributed by atoms with Crippen molar-refractivity contribution in [3.63, 3.8) is 0 Å². The van der Waals surface area contributed by atoms with E-state index in [1.807, 2.05) is 57.8 Å². The van der Waals surface area contributed by atoms with E-state index in [-0.39, 0.29) is 24.3 Å². The Balaban J connectivity index is 1.41. The molecule has 2 aliphatic rings. The molecule has 0 bridgehead atoms. The zero-order chi connectivity index (χ0) is 24.9. The van der Waals surface area contributed by atoms with Crippen LogP contribution in [0.3, 0.4) is 0 Å². The molecule has 2 fully saturated rings. The first kappa shape index (κ1) is 25.8. The number of nitrogens with zero attached hydrogens (tertiary/aromatic N) is 1. The van der Waals surface area contributed by atoms with Crippen LogP contribution in [0.2, 0.25) is 0 Å².